The minimum Gasteiger partial charge on any atom is -0.296 e. The number of amides is 1. The number of carbonyl (C=O) groups is 1. The third kappa shape index (κ3) is 3.51. The van der Waals surface area contributed by atoms with Crippen LogP contribution in [-0.2, 0) is 0 Å². The summed E-state index contributed by atoms with van der Waals surface area (Å²) >= 11 is 4.34. The molecule has 8 heteroatoms. The van der Waals surface area contributed by atoms with Crippen LogP contribution in [0.3, 0.4) is 0 Å². The Labute approximate surface area is 154 Å². The number of nitrogens with one attached hydrogen (secondary N) is 1. The van der Waals surface area contributed by atoms with Gasteiger partial charge in [-0.3, -0.25) is 10.1 Å². The highest BCUT2D eigenvalue weighted by molar-refractivity contribution is 7.14. The van der Waals surface area contributed by atoms with E-state index in [0.717, 1.165) is 16.1 Å². The minimum atomic E-state index is -0.294. The van der Waals surface area contributed by atoms with Crippen molar-refractivity contribution in [2.24, 2.45) is 0 Å². The van der Waals surface area contributed by atoms with E-state index in [2.05, 4.69) is 15.3 Å². The average Bonchev–Trinajstić information content (AvgIpc) is 3.36. The van der Waals surface area contributed by atoms with E-state index >= 15 is 0 Å². The summed E-state index contributed by atoms with van der Waals surface area (Å²) in [5.41, 5.74) is 2.87. The summed E-state index contributed by atoms with van der Waals surface area (Å²) in [5.74, 6) is -0.588. The summed E-state index contributed by atoms with van der Waals surface area (Å²) in [6, 6.07) is 8.05. The molecule has 0 aliphatic heterocycles. The molecule has 0 bridgehead atoms. The number of hydrogen-bond donors (Lipinski definition) is 1. The van der Waals surface area contributed by atoms with Gasteiger partial charge >= 0.3 is 0 Å². The van der Waals surface area contributed by atoms with Gasteiger partial charge in [-0.15, -0.1) is 22.7 Å². The first-order valence-corrected chi connectivity index (χ1v) is 9.90. The number of rotatable bonds is 4. The van der Waals surface area contributed by atoms with Gasteiger partial charge in [0.15, 0.2) is 5.13 Å². The molecule has 0 spiro atoms. The Morgan fingerprint density at radius 1 is 0.960 bits per heavy atom. The van der Waals surface area contributed by atoms with Gasteiger partial charge in [0.2, 0.25) is 0 Å². The van der Waals surface area contributed by atoms with Gasteiger partial charge in [-0.25, -0.2) is 14.4 Å². The Bertz CT molecular complexity index is 1010. The number of carbonyl (C=O) groups excluding carboxylic acids is 1. The minimum absolute atomic E-state index is 0.294. The van der Waals surface area contributed by atoms with Crippen molar-refractivity contribution in [3.8, 4) is 21.8 Å². The maximum Gasteiger partial charge on any atom is 0.276 e. The molecule has 3 heterocycles. The van der Waals surface area contributed by atoms with Gasteiger partial charge in [-0.05, 0) is 35.7 Å². The van der Waals surface area contributed by atoms with E-state index in [0.29, 0.717) is 16.5 Å². The molecular formula is C17H10FN3OS3. The Hall–Kier alpha value is -2.42. The van der Waals surface area contributed by atoms with E-state index < -0.39 is 0 Å². The van der Waals surface area contributed by atoms with Crippen molar-refractivity contribution in [2.75, 3.05) is 5.32 Å². The molecule has 25 heavy (non-hydrogen) atoms. The van der Waals surface area contributed by atoms with Crippen LogP contribution in [0.4, 0.5) is 9.52 Å². The summed E-state index contributed by atoms with van der Waals surface area (Å²) in [6.45, 7) is 0. The first-order valence-electron chi connectivity index (χ1n) is 7.20. The Morgan fingerprint density at radius 2 is 1.80 bits per heavy atom. The number of benzene rings is 1. The molecule has 1 amide bonds. The van der Waals surface area contributed by atoms with Crippen LogP contribution in [0.5, 0.6) is 0 Å². The van der Waals surface area contributed by atoms with Crippen LogP contribution in [0.25, 0.3) is 21.8 Å². The summed E-state index contributed by atoms with van der Waals surface area (Å²) in [4.78, 5) is 21.1. The smallest absolute Gasteiger partial charge is 0.276 e. The molecule has 124 valence electrons. The molecule has 0 saturated heterocycles. The SMILES string of the molecule is O=C(Nc1nc(-c2ccc(F)cc2)cs1)c1csc(-c2ccsc2)n1. The van der Waals surface area contributed by atoms with Crippen LogP contribution >= 0.6 is 34.0 Å². The molecule has 0 saturated carbocycles. The topological polar surface area (TPSA) is 54.9 Å². The first-order chi connectivity index (χ1) is 12.2. The summed E-state index contributed by atoms with van der Waals surface area (Å²) in [6.07, 6.45) is 0. The van der Waals surface area contributed by atoms with Gasteiger partial charge in [0.05, 0.1) is 5.69 Å². The van der Waals surface area contributed by atoms with Gasteiger partial charge in [-0.1, -0.05) is 0 Å². The summed E-state index contributed by atoms with van der Waals surface area (Å²) in [5, 5.41) is 11.6. The molecule has 0 aliphatic carbocycles. The van der Waals surface area contributed by atoms with Crippen LogP contribution in [0.15, 0.2) is 51.9 Å². The number of thiophene rings is 1. The second-order valence-corrected chi connectivity index (χ2v) is 7.55. The summed E-state index contributed by atoms with van der Waals surface area (Å²) < 4.78 is 13.0. The van der Waals surface area contributed by atoms with Gasteiger partial charge in [0.1, 0.15) is 16.5 Å². The molecule has 4 aromatic rings. The normalized spacial score (nSPS) is 10.8. The van der Waals surface area contributed by atoms with E-state index in [1.807, 2.05) is 22.2 Å². The largest absolute Gasteiger partial charge is 0.296 e. The lowest BCUT2D eigenvalue weighted by Gasteiger charge is -1.98. The molecule has 3 aromatic heterocycles. The quantitative estimate of drug-likeness (QED) is 0.511. The molecule has 0 radical (unpaired) electrons. The molecular weight excluding hydrogens is 377 g/mol. The lowest BCUT2D eigenvalue weighted by Crippen LogP contribution is -2.12. The van der Waals surface area contributed by atoms with Crippen molar-refractivity contribution in [3.05, 3.63) is 63.4 Å². The fraction of sp³-hybridized carbons (Fsp3) is 0. The second kappa shape index (κ2) is 6.83. The zero-order chi connectivity index (χ0) is 17.2. The van der Waals surface area contributed by atoms with E-state index in [1.54, 1.807) is 28.8 Å². The van der Waals surface area contributed by atoms with Crippen molar-refractivity contribution >= 4 is 45.0 Å². The molecule has 0 unspecified atom stereocenters. The van der Waals surface area contributed by atoms with Crippen LogP contribution in [0, 0.1) is 5.82 Å². The standard InChI is InChI=1S/C17H10FN3OS3/c18-12-3-1-10(2-4-12)13-8-25-17(20-13)21-15(22)14-9-24-16(19-14)11-5-6-23-7-11/h1-9H,(H,20,21,22). The predicted octanol–water partition coefficient (Wildman–Crippen LogP) is 5.39. The van der Waals surface area contributed by atoms with Gasteiger partial charge in [0.25, 0.3) is 5.91 Å². The zero-order valence-electron chi connectivity index (χ0n) is 12.6. The van der Waals surface area contributed by atoms with Crippen molar-refractivity contribution in [2.45, 2.75) is 0 Å². The molecule has 0 atom stereocenters. The average molecular weight is 387 g/mol. The number of anilines is 1. The maximum absolute atomic E-state index is 13.0. The van der Waals surface area contributed by atoms with Crippen molar-refractivity contribution < 1.29 is 9.18 Å². The lowest BCUT2D eigenvalue weighted by molar-refractivity contribution is 0.102. The van der Waals surface area contributed by atoms with Crippen LogP contribution in [0.2, 0.25) is 0 Å². The van der Waals surface area contributed by atoms with E-state index in [-0.39, 0.29) is 11.7 Å². The Kier molecular flexibility index (Phi) is 4.39. The predicted molar refractivity (Wildman–Crippen MR) is 101 cm³/mol. The maximum atomic E-state index is 13.0. The van der Waals surface area contributed by atoms with E-state index in [4.69, 9.17) is 0 Å². The fourth-order valence-electron chi connectivity index (χ4n) is 2.14. The van der Waals surface area contributed by atoms with Crippen LogP contribution in [-0.4, -0.2) is 15.9 Å². The van der Waals surface area contributed by atoms with Crippen LogP contribution in [0.1, 0.15) is 10.5 Å². The van der Waals surface area contributed by atoms with Gasteiger partial charge in [-0.2, -0.15) is 11.3 Å². The monoisotopic (exact) mass is 387 g/mol. The highest BCUT2D eigenvalue weighted by Crippen LogP contribution is 2.27. The molecule has 0 fully saturated rings. The van der Waals surface area contributed by atoms with Crippen molar-refractivity contribution in [1.29, 1.82) is 0 Å². The number of aromatic nitrogens is 2. The number of nitrogens with zero attached hydrogens (tertiary/aromatic N) is 2. The fourth-order valence-corrected chi connectivity index (χ4v) is 4.37. The van der Waals surface area contributed by atoms with E-state index in [9.17, 15) is 9.18 Å². The van der Waals surface area contributed by atoms with Gasteiger partial charge < -0.3 is 0 Å². The second-order valence-electron chi connectivity index (χ2n) is 5.05. The number of thiazole rings is 2. The van der Waals surface area contributed by atoms with Crippen molar-refractivity contribution in [1.82, 2.24) is 9.97 Å². The highest BCUT2D eigenvalue weighted by atomic mass is 32.1. The van der Waals surface area contributed by atoms with Crippen LogP contribution < -0.4 is 5.32 Å². The first kappa shape index (κ1) is 16.1. The molecule has 1 aromatic carbocycles. The molecule has 4 nitrogen and oxygen atoms in total. The molecule has 0 aliphatic rings. The van der Waals surface area contributed by atoms with Gasteiger partial charge in [0, 0.05) is 27.3 Å². The lowest BCUT2D eigenvalue weighted by atomic mass is 10.2. The molecule has 1 N–H and O–H groups in total. The molecule has 4 rings (SSSR count). The third-order valence-electron chi connectivity index (χ3n) is 3.37. The zero-order valence-corrected chi connectivity index (χ0v) is 15.1. The Balaban J connectivity index is 1.49. The Morgan fingerprint density at radius 3 is 2.56 bits per heavy atom. The van der Waals surface area contributed by atoms with E-state index in [1.165, 1.54) is 34.8 Å². The highest BCUT2D eigenvalue weighted by Gasteiger charge is 2.14. The third-order valence-corrected chi connectivity index (χ3v) is 5.70. The number of hydrogen-bond acceptors (Lipinski definition) is 6. The number of halogens is 1. The van der Waals surface area contributed by atoms with Crippen molar-refractivity contribution in [3.63, 3.8) is 0 Å². The summed E-state index contributed by atoms with van der Waals surface area (Å²) in [7, 11) is 0.